The third kappa shape index (κ3) is 3.65. The van der Waals surface area contributed by atoms with E-state index in [1.165, 1.54) is 4.68 Å². The molecule has 0 amide bonds. The second kappa shape index (κ2) is 7.50. The zero-order chi connectivity index (χ0) is 17.3. The van der Waals surface area contributed by atoms with Crippen LogP contribution in [0.3, 0.4) is 0 Å². The zero-order valence-electron chi connectivity index (χ0n) is 11.9. The number of halogens is 3. The summed E-state index contributed by atoms with van der Waals surface area (Å²) in [5.41, 5.74) is 1.31. The number of aromatic amines is 1. The maximum absolute atomic E-state index is 10.2. The lowest BCUT2D eigenvalue weighted by atomic mass is 10.2. The lowest BCUT2D eigenvalue weighted by Gasteiger charge is -2.05. The fraction of sp³-hybridized carbons (Fsp3) is 0. The predicted molar refractivity (Wildman–Crippen MR) is 114 cm³/mol. The Morgan fingerprint density at radius 1 is 1.29 bits per heavy atom. The molecule has 0 aliphatic rings. The summed E-state index contributed by atoms with van der Waals surface area (Å²) in [5.74, 6) is 0.677. The lowest BCUT2D eigenvalue weighted by Crippen LogP contribution is -1.96. The zero-order valence-corrected chi connectivity index (χ0v) is 17.8. The Hall–Kier alpha value is -0.980. The van der Waals surface area contributed by atoms with Crippen LogP contribution in [0.2, 0.25) is 5.02 Å². The molecule has 0 bridgehead atoms. The molecule has 2 aromatic carbocycles. The van der Waals surface area contributed by atoms with Gasteiger partial charge in [-0.3, -0.25) is 0 Å². The Morgan fingerprint density at radius 3 is 2.79 bits per heavy atom. The molecule has 0 atom stereocenters. The summed E-state index contributed by atoms with van der Waals surface area (Å²) in [4.78, 5) is 0. The van der Waals surface area contributed by atoms with Crippen molar-refractivity contribution in [2.75, 3.05) is 0 Å². The van der Waals surface area contributed by atoms with Crippen molar-refractivity contribution in [3.8, 4) is 17.1 Å². The minimum Gasteiger partial charge on any atom is -0.506 e. The number of phenols is 1. The first-order chi connectivity index (χ1) is 11.5. The van der Waals surface area contributed by atoms with Crippen LogP contribution in [0.15, 0.2) is 41.5 Å². The highest BCUT2D eigenvalue weighted by molar-refractivity contribution is 14.1. The molecule has 24 heavy (non-hydrogen) atoms. The number of nitrogens with zero attached hydrogens (tertiary/aromatic N) is 3. The Morgan fingerprint density at radius 2 is 2.04 bits per heavy atom. The van der Waals surface area contributed by atoms with Gasteiger partial charge in [0.25, 0.3) is 0 Å². The SMILES string of the molecule is Oc1c(I)cc(I)cc1/C=N/n1c(-c2ccccc2Cl)n[nH]c1=S. The van der Waals surface area contributed by atoms with Crippen LogP contribution >= 0.6 is 69.0 Å². The fourth-order valence-electron chi connectivity index (χ4n) is 2.02. The molecule has 0 unspecified atom stereocenters. The molecule has 1 heterocycles. The van der Waals surface area contributed by atoms with E-state index in [0.717, 1.165) is 7.14 Å². The van der Waals surface area contributed by atoms with Crippen LogP contribution < -0.4 is 0 Å². The summed E-state index contributed by atoms with van der Waals surface area (Å²) in [6.07, 6.45) is 1.55. The third-order valence-corrected chi connectivity index (χ3v) is 5.17. The van der Waals surface area contributed by atoms with Gasteiger partial charge in [0, 0.05) is 14.7 Å². The van der Waals surface area contributed by atoms with Crippen LogP contribution in [0.1, 0.15) is 5.56 Å². The third-order valence-electron chi connectivity index (χ3n) is 3.14. The maximum Gasteiger partial charge on any atom is 0.216 e. The van der Waals surface area contributed by atoms with Gasteiger partial charge in [0.2, 0.25) is 4.77 Å². The van der Waals surface area contributed by atoms with Gasteiger partial charge in [0.05, 0.1) is 14.8 Å². The Balaban J connectivity index is 2.08. The molecule has 2 N–H and O–H groups in total. The smallest absolute Gasteiger partial charge is 0.216 e. The number of aromatic hydroxyl groups is 1. The lowest BCUT2D eigenvalue weighted by molar-refractivity contribution is 0.470. The number of benzene rings is 2. The molecule has 0 aliphatic carbocycles. The number of H-pyrrole nitrogens is 1. The molecule has 0 spiro atoms. The van der Waals surface area contributed by atoms with Crippen LogP contribution in [0.5, 0.6) is 5.75 Å². The summed E-state index contributed by atoms with van der Waals surface area (Å²) in [6.45, 7) is 0. The summed E-state index contributed by atoms with van der Waals surface area (Å²) >= 11 is 15.7. The summed E-state index contributed by atoms with van der Waals surface area (Å²) in [7, 11) is 0. The molecule has 0 saturated heterocycles. The number of hydrogen-bond acceptors (Lipinski definition) is 4. The summed E-state index contributed by atoms with van der Waals surface area (Å²) in [6, 6.07) is 11.0. The fourth-order valence-corrected chi connectivity index (χ4v) is 4.31. The van der Waals surface area contributed by atoms with E-state index in [0.29, 0.717) is 26.7 Å². The summed E-state index contributed by atoms with van der Waals surface area (Å²) < 4.78 is 3.56. The van der Waals surface area contributed by atoms with E-state index in [2.05, 4.69) is 60.5 Å². The van der Waals surface area contributed by atoms with Gasteiger partial charge in [-0.25, -0.2) is 5.10 Å². The van der Waals surface area contributed by atoms with Crippen molar-refractivity contribution < 1.29 is 5.11 Å². The molecule has 1 aromatic heterocycles. The maximum atomic E-state index is 10.2. The van der Waals surface area contributed by atoms with E-state index in [-0.39, 0.29) is 5.75 Å². The standard InChI is InChI=1S/C15H9ClI2N4OS/c16-11-4-2-1-3-10(11)14-20-21-15(24)22(14)19-7-8-5-9(17)6-12(18)13(8)23/h1-7,23H,(H,21,24)/b19-7+. The second-order valence-corrected chi connectivity index (χ2v) is 7.92. The van der Waals surface area contributed by atoms with Crippen molar-refractivity contribution in [1.29, 1.82) is 0 Å². The Labute approximate surface area is 175 Å². The van der Waals surface area contributed by atoms with Crippen LogP contribution in [0, 0.1) is 11.9 Å². The molecular weight excluding hydrogens is 574 g/mol. The van der Waals surface area contributed by atoms with Crippen molar-refractivity contribution in [1.82, 2.24) is 14.9 Å². The average molecular weight is 583 g/mol. The number of phenolic OH excluding ortho intramolecular Hbond substituents is 1. The first-order valence-corrected chi connectivity index (χ1v) is 9.56. The van der Waals surface area contributed by atoms with E-state index in [9.17, 15) is 5.11 Å². The number of aromatic nitrogens is 3. The first-order valence-electron chi connectivity index (χ1n) is 6.62. The normalized spacial score (nSPS) is 11.3. The van der Waals surface area contributed by atoms with E-state index >= 15 is 0 Å². The molecule has 3 aromatic rings. The monoisotopic (exact) mass is 582 g/mol. The highest BCUT2D eigenvalue weighted by Crippen LogP contribution is 2.27. The average Bonchev–Trinajstić information content (AvgIpc) is 2.90. The molecule has 0 radical (unpaired) electrons. The van der Waals surface area contributed by atoms with Crippen molar-refractivity contribution >= 4 is 75.2 Å². The van der Waals surface area contributed by atoms with Gasteiger partial charge in [-0.15, -0.1) is 0 Å². The minimum atomic E-state index is 0.175. The van der Waals surface area contributed by atoms with Crippen molar-refractivity contribution in [3.63, 3.8) is 0 Å². The Bertz CT molecular complexity index is 999. The van der Waals surface area contributed by atoms with Crippen molar-refractivity contribution in [2.24, 2.45) is 5.10 Å². The van der Waals surface area contributed by atoms with Gasteiger partial charge in [-0.1, -0.05) is 23.7 Å². The Kier molecular flexibility index (Phi) is 5.57. The van der Waals surface area contributed by atoms with E-state index < -0.39 is 0 Å². The predicted octanol–water partition coefficient (Wildman–Crippen LogP) is 5.06. The number of hydrogen-bond donors (Lipinski definition) is 2. The topological polar surface area (TPSA) is 66.2 Å². The van der Waals surface area contributed by atoms with Gasteiger partial charge in [-0.05, 0) is 81.7 Å². The van der Waals surface area contributed by atoms with Crippen LogP contribution in [0.25, 0.3) is 11.4 Å². The highest BCUT2D eigenvalue weighted by Gasteiger charge is 2.12. The van der Waals surface area contributed by atoms with Crippen LogP contribution in [0.4, 0.5) is 0 Å². The van der Waals surface area contributed by atoms with Gasteiger partial charge in [0.15, 0.2) is 5.82 Å². The second-order valence-electron chi connectivity index (χ2n) is 4.71. The van der Waals surface area contributed by atoms with E-state index in [4.69, 9.17) is 23.8 Å². The van der Waals surface area contributed by atoms with Gasteiger partial charge in [0.1, 0.15) is 5.75 Å². The quantitative estimate of drug-likeness (QED) is 0.258. The van der Waals surface area contributed by atoms with Crippen molar-refractivity contribution in [2.45, 2.75) is 0 Å². The highest BCUT2D eigenvalue weighted by atomic mass is 127. The van der Waals surface area contributed by atoms with Gasteiger partial charge in [-0.2, -0.15) is 14.9 Å². The molecule has 0 fully saturated rings. The summed E-state index contributed by atoms with van der Waals surface area (Å²) in [5, 5.41) is 22.0. The van der Waals surface area contributed by atoms with Crippen LogP contribution in [-0.4, -0.2) is 26.2 Å². The molecule has 3 rings (SSSR count). The van der Waals surface area contributed by atoms with Crippen molar-refractivity contribution in [3.05, 3.63) is 58.9 Å². The number of rotatable bonds is 3. The molecule has 0 aliphatic heterocycles. The molecule has 122 valence electrons. The van der Waals surface area contributed by atoms with Gasteiger partial charge < -0.3 is 5.11 Å². The minimum absolute atomic E-state index is 0.175. The molecule has 0 saturated carbocycles. The van der Waals surface area contributed by atoms with Crippen LogP contribution in [-0.2, 0) is 0 Å². The van der Waals surface area contributed by atoms with E-state index in [1.54, 1.807) is 12.3 Å². The van der Waals surface area contributed by atoms with Gasteiger partial charge >= 0.3 is 0 Å². The molecular formula is C15H9ClI2N4OS. The molecule has 5 nitrogen and oxygen atoms in total. The van der Waals surface area contributed by atoms with E-state index in [1.807, 2.05) is 30.3 Å². The largest absolute Gasteiger partial charge is 0.506 e. The molecule has 9 heteroatoms. The number of nitrogens with one attached hydrogen (secondary N) is 1. The first kappa shape index (κ1) is 17.8.